The fraction of sp³-hybridized carbons (Fsp3) is 0.316. The van der Waals surface area contributed by atoms with Crippen LogP contribution < -0.4 is 10.6 Å². The lowest BCUT2D eigenvalue weighted by atomic mass is 10.1. The number of anilines is 2. The Morgan fingerprint density at radius 3 is 2.17 bits per heavy atom. The van der Waals surface area contributed by atoms with Crippen molar-refractivity contribution in [2.24, 2.45) is 0 Å². The van der Waals surface area contributed by atoms with Crippen LogP contribution in [-0.2, 0) is 11.2 Å². The third-order valence-electron chi connectivity index (χ3n) is 3.54. The van der Waals surface area contributed by atoms with E-state index in [2.05, 4.69) is 15.5 Å². The molecule has 122 valence electrons. The van der Waals surface area contributed by atoms with E-state index in [0.29, 0.717) is 6.42 Å². The fourth-order valence-corrected chi connectivity index (χ4v) is 2.19. The minimum Gasteiger partial charge on any atom is -0.384 e. The first kappa shape index (κ1) is 17.0. The monoisotopic (exact) mass is 311 g/mol. The normalized spacial score (nSPS) is 10.6. The van der Waals surface area contributed by atoms with E-state index < -0.39 is 0 Å². The predicted octanol–water partition coefficient (Wildman–Crippen LogP) is 3.15. The molecule has 1 amide bonds. The summed E-state index contributed by atoms with van der Waals surface area (Å²) < 4.78 is 0. The van der Waals surface area contributed by atoms with Gasteiger partial charge < -0.3 is 15.5 Å². The molecule has 0 radical (unpaired) electrons. The van der Waals surface area contributed by atoms with Gasteiger partial charge in [-0.2, -0.15) is 0 Å². The topological polar surface area (TPSA) is 44.4 Å². The van der Waals surface area contributed by atoms with Crippen molar-refractivity contribution in [1.82, 2.24) is 4.90 Å². The molecule has 0 aliphatic carbocycles. The van der Waals surface area contributed by atoms with Crippen molar-refractivity contribution in [3.63, 3.8) is 0 Å². The molecule has 0 aromatic heterocycles. The number of nitrogens with zero attached hydrogens (tertiary/aromatic N) is 1. The average molecular weight is 311 g/mol. The Labute approximate surface area is 138 Å². The predicted molar refractivity (Wildman–Crippen MR) is 97.0 cm³/mol. The Hall–Kier alpha value is -2.33. The van der Waals surface area contributed by atoms with Gasteiger partial charge in [0.05, 0.1) is 6.42 Å². The quantitative estimate of drug-likeness (QED) is 0.825. The zero-order valence-corrected chi connectivity index (χ0v) is 14.1. The summed E-state index contributed by atoms with van der Waals surface area (Å²) in [7, 11) is 4.10. The summed E-state index contributed by atoms with van der Waals surface area (Å²) in [5.74, 6) is 0.00201. The number of hydrogen-bond donors (Lipinski definition) is 2. The van der Waals surface area contributed by atoms with Gasteiger partial charge >= 0.3 is 0 Å². The Morgan fingerprint density at radius 2 is 1.57 bits per heavy atom. The first-order valence-electron chi connectivity index (χ1n) is 7.87. The summed E-state index contributed by atoms with van der Waals surface area (Å²) >= 11 is 0. The van der Waals surface area contributed by atoms with Crippen molar-refractivity contribution >= 4 is 17.3 Å². The molecule has 2 aromatic carbocycles. The minimum atomic E-state index is 0.00201. The largest absolute Gasteiger partial charge is 0.384 e. The Bertz CT molecular complexity index is 618. The summed E-state index contributed by atoms with van der Waals surface area (Å²) in [6.45, 7) is 3.92. The Balaban J connectivity index is 1.82. The number of carbonyl (C=O) groups excluding carboxylic acids is 1. The second-order valence-electron chi connectivity index (χ2n) is 6.02. The van der Waals surface area contributed by atoms with E-state index in [4.69, 9.17) is 0 Å². The highest BCUT2D eigenvalue weighted by Gasteiger charge is 2.04. The van der Waals surface area contributed by atoms with E-state index in [1.54, 1.807) is 0 Å². The molecule has 0 atom stereocenters. The fourth-order valence-electron chi connectivity index (χ4n) is 2.19. The van der Waals surface area contributed by atoms with Crippen LogP contribution in [0.15, 0.2) is 48.5 Å². The van der Waals surface area contributed by atoms with Crippen LogP contribution in [0.4, 0.5) is 11.4 Å². The number of rotatable bonds is 7. The maximum absolute atomic E-state index is 12.1. The average Bonchev–Trinajstić information content (AvgIpc) is 2.51. The lowest BCUT2D eigenvalue weighted by molar-refractivity contribution is -0.115. The number of likely N-dealkylation sites (N-methyl/N-ethyl adjacent to an activating group) is 1. The summed E-state index contributed by atoms with van der Waals surface area (Å²) in [6, 6.07) is 15.8. The second-order valence-corrected chi connectivity index (χ2v) is 6.02. The second kappa shape index (κ2) is 8.34. The van der Waals surface area contributed by atoms with Gasteiger partial charge in [0.25, 0.3) is 0 Å². The summed E-state index contributed by atoms with van der Waals surface area (Å²) in [6.07, 6.45) is 0.392. The molecule has 23 heavy (non-hydrogen) atoms. The van der Waals surface area contributed by atoms with Crippen molar-refractivity contribution < 1.29 is 4.79 Å². The Kier molecular flexibility index (Phi) is 6.18. The molecular formula is C19H25N3O. The molecule has 4 heteroatoms. The molecule has 2 N–H and O–H groups in total. The zero-order chi connectivity index (χ0) is 16.7. The van der Waals surface area contributed by atoms with Crippen LogP contribution in [0.2, 0.25) is 0 Å². The van der Waals surface area contributed by atoms with Gasteiger partial charge in [-0.25, -0.2) is 0 Å². The van der Waals surface area contributed by atoms with Gasteiger partial charge in [0.15, 0.2) is 0 Å². The number of aryl methyl sites for hydroxylation is 1. The molecule has 2 aromatic rings. The van der Waals surface area contributed by atoms with Gasteiger partial charge in [-0.3, -0.25) is 4.79 Å². The third kappa shape index (κ3) is 6.12. The SMILES string of the molecule is Cc1ccc(CC(=O)Nc2ccc(NCCN(C)C)cc2)cc1. The van der Waals surface area contributed by atoms with E-state index in [1.807, 2.05) is 69.6 Å². The summed E-state index contributed by atoms with van der Waals surface area (Å²) in [4.78, 5) is 14.2. The van der Waals surface area contributed by atoms with Crippen LogP contribution in [0, 0.1) is 6.92 Å². The van der Waals surface area contributed by atoms with E-state index in [0.717, 1.165) is 30.0 Å². The number of nitrogens with one attached hydrogen (secondary N) is 2. The molecular weight excluding hydrogens is 286 g/mol. The van der Waals surface area contributed by atoms with E-state index in [9.17, 15) is 4.79 Å². The van der Waals surface area contributed by atoms with Gasteiger partial charge in [0.1, 0.15) is 0 Å². The number of carbonyl (C=O) groups is 1. The van der Waals surface area contributed by atoms with Crippen LogP contribution in [0.25, 0.3) is 0 Å². The lowest BCUT2D eigenvalue weighted by Crippen LogP contribution is -2.20. The van der Waals surface area contributed by atoms with Crippen LogP contribution >= 0.6 is 0 Å². The summed E-state index contributed by atoms with van der Waals surface area (Å²) in [5, 5.41) is 6.28. The van der Waals surface area contributed by atoms with Crippen molar-refractivity contribution in [3.8, 4) is 0 Å². The van der Waals surface area contributed by atoms with Crippen LogP contribution in [0.5, 0.6) is 0 Å². The molecule has 0 saturated carbocycles. The van der Waals surface area contributed by atoms with Crippen molar-refractivity contribution in [2.75, 3.05) is 37.8 Å². The number of hydrogen-bond acceptors (Lipinski definition) is 3. The first-order chi connectivity index (χ1) is 11.0. The maximum atomic E-state index is 12.1. The van der Waals surface area contributed by atoms with Crippen molar-refractivity contribution in [1.29, 1.82) is 0 Å². The molecule has 4 nitrogen and oxygen atoms in total. The molecule has 0 fully saturated rings. The van der Waals surface area contributed by atoms with Crippen LogP contribution in [0.3, 0.4) is 0 Å². The van der Waals surface area contributed by atoms with Crippen LogP contribution in [-0.4, -0.2) is 38.0 Å². The van der Waals surface area contributed by atoms with E-state index in [-0.39, 0.29) is 5.91 Å². The van der Waals surface area contributed by atoms with Crippen molar-refractivity contribution in [3.05, 3.63) is 59.7 Å². The number of benzene rings is 2. The van der Waals surface area contributed by atoms with Gasteiger partial charge in [-0.1, -0.05) is 29.8 Å². The Morgan fingerprint density at radius 1 is 0.957 bits per heavy atom. The molecule has 0 unspecified atom stereocenters. The van der Waals surface area contributed by atoms with Gasteiger partial charge in [0, 0.05) is 24.5 Å². The summed E-state index contributed by atoms with van der Waals surface area (Å²) in [5.41, 5.74) is 4.10. The molecule has 0 heterocycles. The molecule has 0 bridgehead atoms. The lowest BCUT2D eigenvalue weighted by Gasteiger charge is -2.12. The standard InChI is InChI=1S/C19H25N3O/c1-15-4-6-16(7-5-15)14-19(23)21-18-10-8-17(9-11-18)20-12-13-22(2)3/h4-11,20H,12-14H2,1-3H3,(H,21,23). The molecule has 0 saturated heterocycles. The van der Waals surface area contributed by atoms with Gasteiger partial charge in [-0.15, -0.1) is 0 Å². The molecule has 0 spiro atoms. The van der Waals surface area contributed by atoms with Crippen molar-refractivity contribution in [2.45, 2.75) is 13.3 Å². The van der Waals surface area contributed by atoms with Crippen LogP contribution in [0.1, 0.15) is 11.1 Å². The maximum Gasteiger partial charge on any atom is 0.228 e. The highest BCUT2D eigenvalue weighted by Crippen LogP contribution is 2.14. The van der Waals surface area contributed by atoms with Gasteiger partial charge in [0.2, 0.25) is 5.91 Å². The highest BCUT2D eigenvalue weighted by atomic mass is 16.1. The van der Waals surface area contributed by atoms with Gasteiger partial charge in [-0.05, 0) is 50.8 Å². The molecule has 0 aliphatic heterocycles. The third-order valence-corrected chi connectivity index (χ3v) is 3.54. The number of amides is 1. The first-order valence-corrected chi connectivity index (χ1v) is 7.87. The zero-order valence-electron chi connectivity index (χ0n) is 14.1. The van der Waals surface area contributed by atoms with E-state index >= 15 is 0 Å². The van der Waals surface area contributed by atoms with E-state index in [1.165, 1.54) is 5.56 Å². The molecule has 2 rings (SSSR count). The minimum absolute atomic E-state index is 0.00201. The highest BCUT2D eigenvalue weighted by molar-refractivity contribution is 5.92. The smallest absolute Gasteiger partial charge is 0.228 e. The molecule has 0 aliphatic rings.